The van der Waals surface area contributed by atoms with Crippen molar-refractivity contribution in [3.63, 3.8) is 0 Å². The quantitative estimate of drug-likeness (QED) is 0.595. The molecule has 0 spiro atoms. The predicted octanol–water partition coefficient (Wildman–Crippen LogP) is 2.78. The van der Waals surface area contributed by atoms with E-state index in [2.05, 4.69) is 32.6 Å². The summed E-state index contributed by atoms with van der Waals surface area (Å²) in [5.74, 6) is 0.930. The summed E-state index contributed by atoms with van der Waals surface area (Å²) in [5.41, 5.74) is 7.25. The van der Waals surface area contributed by atoms with Crippen LogP contribution in [0.15, 0.2) is 18.2 Å². The van der Waals surface area contributed by atoms with Gasteiger partial charge in [-0.2, -0.15) is 0 Å². The largest absolute Gasteiger partial charge is 0.492 e. The summed E-state index contributed by atoms with van der Waals surface area (Å²) in [5, 5.41) is 7.47. The zero-order valence-electron chi connectivity index (χ0n) is 13.2. The average Bonchev–Trinajstić information content (AvgIpc) is 2.33. The van der Waals surface area contributed by atoms with Crippen molar-refractivity contribution in [3.8, 4) is 5.75 Å². The molecule has 4 nitrogen and oxygen atoms in total. The second kappa shape index (κ2) is 7.29. The van der Waals surface area contributed by atoms with Crippen LogP contribution < -0.4 is 10.5 Å². The lowest BCUT2D eigenvalue weighted by molar-refractivity contribution is 0.142. The summed E-state index contributed by atoms with van der Waals surface area (Å²) < 4.78 is 5.80. The van der Waals surface area contributed by atoms with Crippen LogP contribution in [0.1, 0.15) is 38.8 Å². The third-order valence-electron chi connectivity index (χ3n) is 3.43. The van der Waals surface area contributed by atoms with Crippen LogP contribution in [0.3, 0.4) is 0 Å². The summed E-state index contributed by atoms with van der Waals surface area (Å²) in [7, 11) is 0. The molecule has 0 unspecified atom stereocenters. The Bertz CT molecular complexity index is 447. The molecule has 0 aliphatic carbocycles. The lowest BCUT2D eigenvalue weighted by Gasteiger charge is -2.30. The molecule has 1 aromatic carbocycles. The molecule has 0 aromatic heterocycles. The molecule has 112 valence electrons. The maximum Gasteiger partial charge on any atom is 0.123 e. The van der Waals surface area contributed by atoms with Crippen LogP contribution >= 0.6 is 0 Å². The lowest BCUT2D eigenvalue weighted by Crippen LogP contribution is -2.39. The van der Waals surface area contributed by atoms with Crippen LogP contribution in [0.25, 0.3) is 0 Å². The van der Waals surface area contributed by atoms with Crippen molar-refractivity contribution in [2.75, 3.05) is 13.2 Å². The van der Waals surface area contributed by atoms with Gasteiger partial charge in [0.05, 0.1) is 0 Å². The molecule has 0 fully saturated rings. The van der Waals surface area contributed by atoms with Crippen molar-refractivity contribution < 1.29 is 4.74 Å². The monoisotopic (exact) mass is 277 g/mol. The molecule has 20 heavy (non-hydrogen) atoms. The Labute approximate surface area is 122 Å². The van der Waals surface area contributed by atoms with Crippen LogP contribution in [-0.2, 0) is 0 Å². The van der Waals surface area contributed by atoms with Gasteiger partial charge in [0.25, 0.3) is 0 Å². The van der Waals surface area contributed by atoms with Crippen molar-refractivity contribution in [2.24, 2.45) is 5.73 Å². The van der Waals surface area contributed by atoms with E-state index >= 15 is 0 Å². The number of amidine groups is 1. The van der Waals surface area contributed by atoms with E-state index in [0.717, 1.165) is 23.4 Å². The van der Waals surface area contributed by atoms with Crippen LogP contribution in [0, 0.1) is 12.3 Å². The van der Waals surface area contributed by atoms with E-state index in [1.165, 1.54) is 0 Å². The van der Waals surface area contributed by atoms with Crippen LogP contribution in [0.2, 0.25) is 0 Å². The van der Waals surface area contributed by atoms with Crippen molar-refractivity contribution in [3.05, 3.63) is 29.3 Å². The number of nitrogen functional groups attached to an aromatic ring is 1. The Kier molecular flexibility index (Phi) is 6.02. The van der Waals surface area contributed by atoms with Crippen molar-refractivity contribution in [1.29, 1.82) is 5.41 Å². The number of aryl methyl sites for hydroxylation is 1. The summed E-state index contributed by atoms with van der Waals surface area (Å²) >= 11 is 0. The molecular formula is C16H27N3O. The zero-order chi connectivity index (χ0) is 15.3. The van der Waals surface area contributed by atoms with Crippen molar-refractivity contribution in [1.82, 2.24) is 4.90 Å². The van der Waals surface area contributed by atoms with Gasteiger partial charge in [0.2, 0.25) is 0 Å². The van der Waals surface area contributed by atoms with Gasteiger partial charge in [-0.05, 0) is 58.4 Å². The molecule has 1 aromatic rings. The van der Waals surface area contributed by atoms with E-state index in [9.17, 15) is 0 Å². The minimum Gasteiger partial charge on any atom is -0.492 e. The normalized spacial score (nSPS) is 11.4. The number of hydrogen-bond donors (Lipinski definition) is 2. The highest BCUT2D eigenvalue weighted by atomic mass is 16.5. The van der Waals surface area contributed by atoms with Crippen molar-refractivity contribution in [2.45, 2.75) is 46.7 Å². The van der Waals surface area contributed by atoms with Gasteiger partial charge in [-0.3, -0.25) is 10.3 Å². The molecule has 0 aliphatic rings. The van der Waals surface area contributed by atoms with E-state index < -0.39 is 0 Å². The van der Waals surface area contributed by atoms with Gasteiger partial charge in [0, 0.05) is 24.2 Å². The number of hydrogen-bond acceptors (Lipinski definition) is 3. The molecule has 1 rings (SSSR count). The lowest BCUT2D eigenvalue weighted by atomic mass is 10.1. The summed E-state index contributed by atoms with van der Waals surface area (Å²) in [6.07, 6.45) is 0. The van der Waals surface area contributed by atoms with Crippen LogP contribution in [-0.4, -0.2) is 36.0 Å². The number of nitrogens with zero attached hydrogens (tertiary/aromatic N) is 1. The third-order valence-corrected chi connectivity index (χ3v) is 3.43. The molecule has 0 aliphatic heterocycles. The Morgan fingerprint density at radius 2 is 1.85 bits per heavy atom. The highest BCUT2D eigenvalue weighted by Gasteiger charge is 2.13. The molecule has 0 saturated heterocycles. The SMILES string of the molecule is Cc1cc(OCCN(C(C)C)C(C)C)ccc1C(=N)N. The van der Waals surface area contributed by atoms with E-state index in [4.69, 9.17) is 15.9 Å². The van der Waals surface area contributed by atoms with Gasteiger partial charge in [-0.1, -0.05) is 0 Å². The maximum absolute atomic E-state index is 7.47. The molecule has 0 amide bonds. The summed E-state index contributed by atoms with van der Waals surface area (Å²) in [6, 6.07) is 6.68. The summed E-state index contributed by atoms with van der Waals surface area (Å²) in [4.78, 5) is 2.40. The van der Waals surface area contributed by atoms with Gasteiger partial charge in [0.15, 0.2) is 0 Å². The first-order valence-corrected chi connectivity index (χ1v) is 7.16. The van der Waals surface area contributed by atoms with Crippen LogP contribution in [0.4, 0.5) is 0 Å². The standard InChI is InChI=1S/C16H27N3O/c1-11(2)19(12(3)4)8-9-20-14-6-7-15(16(17)18)13(5)10-14/h6-7,10-12H,8-9H2,1-5H3,(H3,17,18). The first-order chi connectivity index (χ1) is 9.32. The zero-order valence-corrected chi connectivity index (χ0v) is 13.2. The fraction of sp³-hybridized carbons (Fsp3) is 0.562. The molecule has 4 heteroatoms. The summed E-state index contributed by atoms with van der Waals surface area (Å²) in [6.45, 7) is 12.3. The van der Waals surface area contributed by atoms with Gasteiger partial charge in [0.1, 0.15) is 18.2 Å². The minimum absolute atomic E-state index is 0.0971. The van der Waals surface area contributed by atoms with E-state index in [0.29, 0.717) is 18.7 Å². The molecule has 0 atom stereocenters. The molecule has 0 heterocycles. The average molecular weight is 277 g/mol. The van der Waals surface area contributed by atoms with Crippen molar-refractivity contribution >= 4 is 5.84 Å². The topological polar surface area (TPSA) is 62.3 Å². The molecular weight excluding hydrogens is 250 g/mol. The first kappa shape index (κ1) is 16.5. The van der Waals surface area contributed by atoms with Crippen LogP contribution in [0.5, 0.6) is 5.75 Å². The minimum atomic E-state index is 0.0971. The van der Waals surface area contributed by atoms with Gasteiger partial charge in [-0.15, -0.1) is 0 Å². The fourth-order valence-corrected chi connectivity index (χ4v) is 2.41. The highest BCUT2D eigenvalue weighted by Crippen LogP contribution is 2.17. The number of nitrogens with two attached hydrogens (primary N) is 1. The Hall–Kier alpha value is -1.55. The number of benzene rings is 1. The first-order valence-electron chi connectivity index (χ1n) is 7.16. The molecule has 0 radical (unpaired) electrons. The molecule has 0 bridgehead atoms. The number of nitrogens with one attached hydrogen (secondary N) is 1. The van der Waals surface area contributed by atoms with E-state index in [-0.39, 0.29) is 5.84 Å². The van der Waals surface area contributed by atoms with E-state index in [1.54, 1.807) is 0 Å². The van der Waals surface area contributed by atoms with E-state index in [1.807, 2.05) is 25.1 Å². The molecule has 3 N–H and O–H groups in total. The third kappa shape index (κ3) is 4.53. The fourth-order valence-electron chi connectivity index (χ4n) is 2.41. The number of rotatable bonds is 7. The second-order valence-electron chi connectivity index (χ2n) is 5.66. The molecule has 0 saturated carbocycles. The van der Waals surface area contributed by atoms with Gasteiger partial charge < -0.3 is 10.5 Å². The second-order valence-corrected chi connectivity index (χ2v) is 5.66. The Morgan fingerprint density at radius 1 is 1.25 bits per heavy atom. The predicted molar refractivity (Wildman–Crippen MR) is 84.7 cm³/mol. The van der Waals surface area contributed by atoms with Gasteiger partial charge in [-0.25, -0.2) is 0 Å². The van der Waals surface area contributed by atoms with Gasteiger partial charge >= 0.3 is 0 Å². The Balaban J connectivity index is 2.58. The highest BCUT2D eigenvalue weighted by molar-refractivity contribution is 5.96. The smallest absolute Gasteiger partial charge is 0.123 e. The Morgan fingerprint density at radius 3 is 2.30 bits per heavy atom. The maximum atomic E-state index is 7.47. The number of ether oxygens (including phenoxy) is 1.